The minimum Gasteiger partial charge on any atom is -0.289 e. The Balaban J connectivity index is 2.23. The SMILES string of the molecule is CC(C)C[C@@H](C(=O)NN(CCc1ccccn1)S(C)(=O)=O)[C@H](CC=Cc1ccccc1)C(=O)NO. The van der Waals surface area contributed by atoms with Gasteiger partial charge in [0, 0.05) is 24.9 Å². The molecule has 0 aliphatic heterocycles. The van der Waals surface area contributed by atoms with Gasteiger partial charge in [0.25, 0.3) is 0 Å². The van der Waals surface area contributed by atoms with Crippen molar-refractivity contribution in [3.8, 4) is 0 Å². The molecule has 0 radical (unpaired) electrons. The number of carbonyl (C=O) groups is 2. The Morgan fingerprint density at radius 2 is 1.74 bits per heavy atom. The molecule has 2 atom stereocenters. The molecule has 1 aromatic heterocycles. The van der Waals surface area contributed by atoms with Crippen molar-refractivity contribution in [3.63, 3.8) is 0 Å². The fourth-order valence-electron chi connectivity index (χ4n) is 3.69. The second kappa shape index (κ2) is 13.7. The van der Waals surface area contributed by atoms with Gasteiger partial charge in [-0.05, 0) is 36.5 Å². The summed E-state index contributed by atoms with van der Waals surface area (Å²) in [5.74, 6) is -3.05. The van der Waals surface area contributed by atoms with E-state index in [-0.39, 0.29) is 18.9 Å². The minimum absolute atomic E-state index is 0.0131. The Morgan fingerprint density at radius 1 is 1.06 bits per heavy atom. The highest BCUT2D eigenvalue weighted by molar-refractivity contribution is 7.88. The molecule has 10 heteroatoms. The highest BCUT2D eigenvalue weighted by Gasteiger charge is 2.35. The lowest BCUT2D eigenvalue weighted by molar-refractivity contribution is -0.141. The van der Waals surface area contributed by atoms with Gasteiger partial charge in [-0.15, -0.1) is 4.41 Å². The quantitative estimate of drug-likeness (QED) is 0.285. The second-order valence-corrected chi connectivity index (χ2v) is 10.7. The summed E-state index contributed by atoms with van der Waals surface area (Å²) in [4.78, 5) is 30.1. The smallest absolute Gasteiger partial charge is 0.247 e. The van der Waals surface area contributed by atoms with Crippen LogP contribution in [0.15, 0.2) is 60.8 Å². The summed E-state index contributed by atoms with van der Waals surface area (Å²) >= 11 is 0. The molecular formula is C25H34N4O5S. The average Bonchev–Trinajstić information content (AvgIpc) is 2.83. The zero-order valence-corrected chi connectivity index (χ0v) is 21.1. The van der Waals surface area contributed by atoms with E-state index < -0.39 is 33.7 Å². The summed E-state index contributed by atoms with van der Waals surface area (Å²) in [7, 11) is -3.79. The summed E-state index contributed by atoms with van der Waals surface area (Å²) in [6, 6.07) is 14.8. The largest absolute Gasteiger partial charge is 0.289 e. The maximum Gasteiger partial charge on any atom is 0.247 e. The molecule has 9 nitrogen and oxygen atoms in total. The van der Waals surface area contributed by atoms with Crippen LogP contribution < -0.4 is 10.9 Å². The lowest BCUT2D eigenvalue weighted by Crippen LogP contribution is -2.51. The van der Waals surface area contributed by atoms with Gasteiger partial charge in [0.1, 0.15) is 0 Å². The summed E-state index contributed by atoms with van der Waals surface area (Å²) < 4.78 is 25.6. The van der Waals surface area contributed by atoms with Crippen LogP contribution in [0.2, 0.25) is 0 Å². The molecule has 0 bridgehead atoms. The standard InChI is InChI=1S/C25H34N4O5S/c1-19(2)18-23(22(25(31)28-32)14-9-12-20-10-5-4-6-11-20)24(30)27-29(35(3,33)34)17-15-21-13-7-8-16-26-21/h4-13,16,19,22-23,32H,14-15,17-18H2,1-3H3,(H,27,30)(H,28,31)/t22-,23+/m0/s1. The van der Waals surface area contributed by atoms with Crippen molar-refractivity contribution >= 4 is 27.9 Å². The number of carbonyl (C=O) groups excluding carboxylic acids is 2. The summed E-state index contributed by atoms with van der Waals surface area (Å²) in [6.07, 6.45) is 7.01. The van der Waals surface area contributed by atoms with Crippen LogP contribution >= 0.6 is 0 Å². The van der Waals surface area contributed by atoms with Crippen LogP contribution in [0.5, 0.6) is 0 Å². The van der Waals surface area contributed by atoms with Crippen molar-refractivity contribution in [3.05, 3.63) is 72.1 Å². The van der Waals surface area contributed by atoms with Gasteiger partial charge in [0.05, 0.1) is 18.1 Å². The van der Waals surface area contributed by atoms with Gasteiger partial charge in [0.15, 0.2) is 0 Å². The fraction of sp³-hybridized carbons (Fsp3) is 0.400. The maximum atomic E-state index is 13.3. The Bertz CT molecular complexity index is 1080. The van der Waals surface area contributed by atoms with Gasteiger partial charge < -0.3 is 0 Å². The van der Waals surface area contributed by atoms with Crippen molar-refractivity contribution in [1.29, 1.82) is 0 Å². The van der Waals surface area contributed by atoms with E-state index in [9.17, 15) is 23.2 Å². The highest BCUT2D eigenvalue weighted by atomic mass is 32.2. The third-order valence-electron chi connectivity index (χ3n) is 5.43. The first-order chi connectivity index (χ1) is 16.6. The van der Waals surface area contributed by atoms with Crippen molar-refractivity contribution in [1.82, 2.24) is 20.3 Å². The Kier molecular flexibility index (Phi) is 11.0. The van der Waals surface area contributed by atoms with Crippen molar-refractivity contribution in [2.75, 3.05) is 12.8 Å². The number of amides is 2. The van der Waals surface area contributed by atoms with Crippen LogP contribution in [0, 0.1) is 17.8 Å². The number of aromatic nitrogens is 1. The molecule has 1 aromatic carbocycles. The topological polar surface area (TPSA) is 129 Å². The van der Waals surface area contributed by atoms with E-state index in [4.69, 9.17) is 0 Å². The first-order valence-electron chi connectivity index (χ1n) is 11.5. The third kappa shape index (κ3) is 9.59. The number of rotatable bonds is 13. The van der Waals surface area contributed by atoms with E-state index in [0.717, 1.165) is 16.2 Å². The molecule has 0 unspecified atom stereocenters. The summed E-state index contributed by atoms with van der Waals surface area (Å²) in [6.45, 7) is 3.80. The summed E-state index contributed by atoms with van der Waals surface area (Å²) in [5.41, 5.74) is 5.76. The molecule has 0 fully saturated rings. The number of hydrazine groups is 1. The van der Waals surface area contributed by atoms with E-state index >= 15 is 0 Å². The number of allylic oxidation sites excluding steroid dienone is 1. The third-order valence-corrected chi connectivity index (χ3v) is 6.50. The first-order valence-corrected chi connectivity index (χ1v) is 13.3. The predicted octanol–water partition coefficient (Wildman–Crippen LogP) is 2.80. The lowest BCUT2D eigenvalue weighted by Gasteiger charge is -2.28. The molecule has 0 spiro atoms. The van der Waals surface area contributed by atoms with Gasteiger partial charge in [-0.1, -0.05) is 62.4 Å². The van der Waals surface area contributed by atoms with Crippen LogP contribution in [0.3, 0.4) is 0 Å². The van der Waals surface area contributed by atoms with Crippen molar-refractivity contribution in [2.45, 2.75) is 33.1 Å². The van der Waals surface area contributed by atoms with Crippen LogP contribution in [0.1, 0.15) is 37.9 Å². The van der Waals surface area contributed by atoms with Gasteiger partial charge >= 0.3 is 0 Å². The number of hydroxylamine groups is 1. The number of pyridine rings is 1. The zero-order chi connectivity index (χ0) is 25.8. The lowest BCUT2D eigenvalue weighted by atomic mass is 9.82. The fourth-order valence-corrected chi connectivity index (χ4v) is 4.37. The van der Waals surface area contributed by atoms with Gasteiger partial charge in [-0.2, -0.15) is 0 Å². The van der Waals surface area contributed by atoms with Crippen molar-refractivity contribution < 1.29 is 23.2 Å². The predicted molar refractivity (Wildman–Crippen MR) is 134 cm³/mol. The van der Waals surface area contributed by atoms with Crippen LogP contribution in [-0.2, 0) is 26.0 Å². The normalized spacial score (nSPS) is 13.7. The molecule has 1 heterocycles. The number of hydrogen-bond acceptors (Lipinski definition) is 6. The van der Waals surface area contributed by atoms with Crippen LogP contribution in [0.25, 0.3) is 6.08 Å². The maximum absolute atomic E-state index is 13.3. The van der Waals surface area contributed by atoms with Crippen LogP contribution in [0.4, 0.5) is 0 Å². The summed E-state index contributed by atoms with van der Waals surface area (Å²) in [5, 5.41) is 9.34. The Labute approximate surface area is 207 Å². The number of hydrogen-bond donors (Lipinski definition) is 3. The monoisotopic (exact) mass is 502 g/mol. The first kappa shape index (κ1) is 28.2. The number of benzene rings is 1. The molecule has 0 saturated carbocycles. The van der Waals surface area contributed by atoms with E-state index in [1.807, 2.05) is 50.3 Å². The average molecular weight is 503 g/mol. The van der Waals surface area contributed by atoms with Crippen LogP contribution in [-0.4, -0.2) is 47.6 Å². The molecule has 3 N–H and O–H groups in total. The second-order valence-electron chi connectivity index (χ2n) is 8.75. The number of nitrogens with one attached hydrogen (secondary N) is 2. The number of sulfonamides is 1. The van der Waals surface area contributed by atoms with E-state index in [2.05, 4.69) is 10.4 Å². The minimum atomic E-state index is -3.79. The molecule has 2 amide bonds. The molecule has 0 aliphatic rings. The van der Waals surface area contributed by atoms with E-state index in [1.165, 1.54) is 0 Å². The molecule has 0 saturated heterocycles. The molecular weight excluding hydrogens is 468 g/mol. The molecule has 2 aromatic rings. The van der Waals surface area contributed by atoms with Gasteiger partial charge in [-0.3, -0.25) is 25.2 Å². The molecule has 35 heavy (non-hydrogen) atoms. The highest BCUT2D eigenvalue weighted by Crippen LogP contribution is 2.26. The Hall–Kier alpha value is -3.08. The molecule has 2 rings (SSSR count). The van der Waals surface area contributed by atoms with Crippen molar-refractivity contribution in [2.24, 2.45) is 17.8 Å². The molecule has 0 aliphatic carbocycles. The van der Waals surface area contributed by atoms with E-state index in [0.29, 0.717) is 18.5 Å². The van der Waals surface area contributed by atoms with Gasteiger partial charge in [-0.25, -0.2) is 13.9 Å². The Morgan fingerprint density at radius 3 is 2.31 bits per heavy atom. The number of nitrogens with zero attached hydrogens (tertiary/aromatic N) is 2. The van der Waals surface area contributed by atoms with Gasteiger partial charge in [0.2, 0.25) is 21.8 Å². The molecule has 190 valence electrons. The zero-order valence-electron chi connectivity index (χ0n) is 20.3. The van der Waals surface area contributed by atoms with E-state index in [1.54, 1.807) is 36.0 Å².